The van der Waals surface area contributed by atoms with Gasteiger partial charge in [-0.05, 0) is 45.2 Å². The second-order valence-electron chi connectivity index (χ2n) is 5.90. The zero-order valence-corrected chi connectivity index (χ0v) is 12.1. The van der Waals surface area contributed by atoms with Crippen molar-refractivity contribution in [3.05, 3.63) is 0 Å². The summed E-state index contributed by atoms with van der Waals surface area (Å²) in [5.41, 5.74) is 0. The molecular weight excluding hydrogens is 208 g/mol. The van der Waals surface area contributed by atoms with Crippen LogP contribution in [0.4, 0.5) is 0 Å². The van der Waals surface area contributed by atoms with E-state index in [1.807, 2.05) is 7.05 Å². The molecule has 0 bridgehead atoms. The van der Waals surface area contributed by atoms with Gasteiger partial charge in [-0.15, -0.1) is 0 Å². The third-order valence-electron chi connectivity index (χ3n) is 4.20. The van der Waals surface area contributed by atoms with Crippen LogP contribution in [0.15, 0.2) is 0 Å². The molecule has 0 amide bonds. The molecule has 1 aliphatic rings. The Morgan fingerprint density at radius 1 is 1.12 bits per heavy atom. The SMILES string of the molecule is CCCCC1CCC(CNC(C)CNC)CC1. The van der Waals surface area contributed by atoms with Crippen LogP contribution in [0.1, 0.15) is 58.8 Å². The summed E-state index contributed by atoms with van der Waals surface area (Å²) >= 11 is 0. The van der Waals surface area contributed by atoms with E-state index in [4.69, 9.17) is 0 Å². The fourth-order valence-electron chi connectivity index (χ4n) is 2.96. The number of hydrogen-bond acceptors (Lipinski definition) is 2. The van der Waals surface area contributed by atoms with E-state index >= 15 is 0 Å². The van der Waals surface area contributed by atoms with Gasteiger partial charge < -0.3 is 10.6 Å². The first-order valence-electron chi connectivity index (χ1n) is 7.64. The predicted molar refractivity (Wildman–Crippen MR) is 76.4 cm³/mol. The maximum absolute atomic E-state index is 3.65. The first kappa shape index (κ1) is 15.0. The van der Waals surface area contributed by atoms with Crippen molar-refractivity contribution in [1.29, 1.82) is 0 Å². The van der Waals surface area contributed by atoms with Gasteiger partial charge in [0.05, 0.1) is 0 Å². The van der Waals surface area contributed by atoms with E-state index in [1.54, 1.807) is 0 Å². The van der Waals surface area contributed by atoms with E-state index in [0.29, 0.717) is 6.04 Å². The number of likely N-dealkylation sites (N-methyl/N-ethyl adjacent to an activating group) is 1. The number of unbranched alkanes of at least 4 members (excludes halogenated alkanes) is 1. The largest absolute Gasteiger partial charge is 0.318 e. The third kappa shape index (κ3) is 6.42. The monoisotopic (exact) mass is 240 g/mol. The van der Waals surface area contributed by atoms with Gasteiger partial charge in [0.25, 0.3) is 0 Å². The van der Waals surface area contributed by atoms with Crippen LogP contribution in [0.3, 0.4) is 0 Å². The van der Waals surface area contributed by atoms with Gasteiger partial charge in [-0.25, -0.2) is 0 Å². The van der Waals surface area contributed by atoms with Gasteiger partial charge >= 0.3 is 0 Å². The molecule has 0 spiro atoms. The molecule has 1 saturated carbocycles. The Hall–Kier alpha value is -0.0800. The minimum Gasteiger partial charge on any atom is -0.318 e. The molecule has 1 rings (SSSR count). The van der Waals surface area contributed by atoms with Crippen molar-refractivity contribution in [3.63, 3.8) is 0 Å². The molecule has 0 aliphatic heterocycles. The molecule has 1 fully saturated rings. The van der Waals surface area contributed by atoms with Crippen molar-refractivity contribution < 1.29 is 0 Å². The Balaban J connectivity index is 2.06. The van der Waals surface area contributed by atoms with Gasteiger partial charge in [0.1, 0.15) is 0 Å². The molecule has 0 aromatic heterocycles. The van der Waals surface area contributed by atoms with E-state index in [0.717, 1.165) is 18.4 Å². The lowest BCUT2D eigenvalue weighted by Gasteiger charge is -2.29. The highest BCUT2D eigenvalue weighted by atomic mass is 15.0. The highest BCUT2D eigenvalue weighted by molar-refractivity contribution is 4.75. The van der Waals surface area contributed by atoms with Crippen LogP contribution in [0.5, 0.6) is 0 Å². The van der Waals surface area contributed by atoms with Gasteiger partial charge in [-0.2, -0.15) is 0 Å². The Bertz CT molecular complexity index is 174. The maximum atomic E-state index is 3.65. The van der Waals surface area contributed by atoms with Crippen LogP contribution < -0.4 is 10.6 Å². The number of rotatable bonds is 8. The van der Waals surface area contributed by atoms with Crippen molar-refractivity contribution >= 4 is 0 Å². The second kappa shape index (κ2) is 8.93. The number of hydrogen-bond donors (Lipinski definition) is 2. The quantitative estimate of drug-likeness (QED) is 0.681. The third-order valence-corrected chi connectivity index (χ3v) is 4.20. The Labute approximate surface area is 108 Å². The lowest BCUT2D eigenvalue weighted by atomic mass is 9.80. The van der Waals surface area contributed by atoms with Crippen molar-refractivity contribution in [3.8, 4) is 0 Å². The maximum Gasteiger partial charge on any atom is 0.0164 e. The zero-order valence-electron chi connectivity index (χ0n) is 12.1. The molecule has 0 saturated heterocycles. The average Bonchev–Trinajstić information content (AvgIpc) is 2.35. The fourth-order valence-corrected chi connectivity index (χ4v) is 2.96. The van der Waals surface area contributed by atoms with Crippen LogP contribution in [-0.4, -0.2) is 26.2 Å². The molecule has 2 heteroatoms. The zero-order chi connectivity index (χ0) is 12.5. The minimum atomic E-state index is 0.609. The lowest BCUT2D eigenvalue weighted by molar-refractivity contribution is 0.249. The van der Waals surface area contributed by atoms with Crippen molar-refractivity contribution in [2.24, 2.45) is 11.8 Å². The van der Waals surface area contributed by atoms with E-state index in [1.165, 1.54) is 51.5 Å². The Morgan fingerprint density at radius 2 is 1.76 bits per heavy atom. The first-order valence-corrected chi connectivity index (χ1v) is 7.64. The lowest BCUT2D eigenvalue weighted by Crippen LogP contribution is -2.38. The highest BCUT2D eigenvalue weighted by Crippen LogP contribution is 2.31. The van der Waals surface area contributed by atoms with E-state index in [9.17, 15) is 0 Å². The summed E-state index contributed by atoms with van der Waals surface area (Å²) in [4.78, 5) is 0. The molecule has 0 heterocycles. The summed E-state index contributed by atoms with van der Waals surface area (Å²) in [5, 5.41) is 6.87. The summed E-state index contributed by atoms with van der Waals surface area (Å²) < 4.78 is 0. The topological polar surface area (TPSA) is 24.1 Å². The van der Waals surface area contributed by atoms with Gasteiger partial charge in [0.2, 0.25) is 0 Å². The summed E-state index contributed by atoms with van der Waals surface area (Å²) in [6.07, 6.45) is 10.1. The molecule has 0 radical (unpaired) electrons. The summed E-state index contributed by atoms with van der Waals surface area (Å²) in [7, 11) is 2.02. The molecule has 2 N–H and O–H groups in total. The fraction of sp³-hybridized carbons (Fsp3) is 1.00. The molecule has 102 valence electrons. The van der Waals surface area contributed by atoms with Crippen LogP contribution in [0.25, 0.3) is 0 Å². The smallest absolute Gasteiger partial charge is 0.0164 e. The van der Waals surface area contributed by atoms with E-state index in [-0.39, 0.29) is 0 Å². The molecule has 2 nitrogen and oxygen atoms in total. The molecular formula is C15H32N2. The van der Waals surface area contributed by atoms with Crippen molar-refractivity contribution in [1.82, 2.24) is 10.6 Å². The minimum absolute atomic E-state index is 0.609. The van der Waals surface area contributed by atoms with Crippen LogP contribution in [0.2, 0.25) is 0 Å². The van der Waals surface area contributed by atoms with Gasteiger partial charge in [0.15, 0.2) is 0 Å². The predicted octanol–water partition coefficient (Wildman–Crippen LogP) is 3.18. The van der Waals surface area contributed by atoms with E-state index in [2.05, 4.69) is 24.5 Å². The summed E-state index contributed by atoms with van der Waals surface area (Å²) in [5.74, 6) is 1.98. The van der Waals surface area contributed by atoms with E-state index < -0.39 is 0 Å². The highest BCUT2D eigenvalue weighted by Gasteiger charge is 2.20. The average molecular weight is 240 g/mol. The normalized spacial score (nSPS) is 27.0. The Kier molecular flexibility index (Phi) is 7.87. The summed E-state index contributed by atoms with van der Waals surface area (Å²) in [6, 6.07) is 0.609. The second-order valence-corrected chi connectivity index (χ2v) is 5.90. The van der Waals surface area contributed by atoms with Gasteiger partial charge in [-0.1, -0.05) is 39.0 Å². The van der Waals surface area contributed by atoms with Crippen molar-refractivity contribution in [2.45, 2.75) is 64.8 Å². The molecule has 0 aromatic rings. The first-order chi connectivity index (χ1) is 8.26. The molecule has 17 heavy (non-hydrogen) atoms. The van der Waals surface area contributed by atoms with Gasteiger partial charge in [0, 0.05) is 12.6 Å². The van der Waals surface area contributed by atoms with Gasteiger partial charge in [-0.3, -0.25) is 0 Å². The van der Waals surface area contributed by atoms with Crippen LogP contribution in [-0.2, 0) is 0 Å². The standard InChI is InChI=1S/C15H32N2/c1-4-5-6-14-7-9-15(10-8-14)12-17-13(2)11-16-3/h13-17H,4-12H2,1-3H3. The molecule has 1 atom stereocenters. The Morgan fingerprint density at radius 3 is 2.35 bits per heavy atom. The molecule has 1 unspecified atom stereocenters. The summed E-state index contributed by atoms with van der Waals surface area (Å²) in [6.45, 7) is 6.87. The van der Waals surface area contributed by atoms with Crippen LogP contribution >= 0.6 is 0 Å². The van der Waals surface area contributed by atoms with Crippen molar-refractivity contribution in [2.75, 3.05) is 20.1 Å². The molecule has 0 aromatic carbocycles. The van der Waals surface area contributed by atoms with Crippen LogP contribution in [0, 0.1) is 11.8 Å². The number of nitrogens with one attached hydrogen (secondary N) is 2. The molecule has 1 aliphatic carbocycles.